The molecule has 0 atom stereocenters. The number of anilines is 1. The van der Waals surface area contributed by atoms with Crippen LogP contribution in [0.2, 0.25) is 0 Å². The highest BCUT2D eigenvalue weighted by Crippen LogP contribution is 2.21. The zero-order valence-electron chi connectivity index (χ0n) is 12.6. The van der Waals surface area contributed by atoms with Gasteiger partial charge in [0.25, 0.3) is 0 Å². The van der Waals surface area contributed by atoms with Crippen LogP contribution >= 0.6 is 0 Å². The number of fused-ring (bicyclic) bond motifs is 1. The molecule has 1 aromatic heterocycles. The van der Waals surface area contributed by atoms with Gasteiger partial charge in [0, 0.05) is 23.7 Å². The van der Waals surface area contributed by atoms with Gasteiger partial charge in [0.15, 0.2) is 5.82 Å². The quantitative estimate of drug-likeness (QED) is 0.793. The van der Waals surface area contributed by atoms with E-state index in [1.807, 2.05) is 19.1 Å². The molecule has 1 fully saturated rings. The van der Waals surface area contributed by atoms with Crippen LogP contribution in [0.4, 0.5) is 5.82 Å². The van der Waals surface area contributed by atoms with E-state index >= 15 is 0 Å². The summed E-state index contributed by atoms with van der Waals surface area (Å²) in [6, 6.07) is 8.30. The Balaban J connectivity index is 1.57. The molecule has 0 bridgehead atoms. The van der Waals surface area contributed by atoms with Crippen LogP contribution in [0.1, 0.15) is 12.1 Å². The fraction of sp³-hybridized carbons (Fsp3) is 0.500. The van der Waals surface area contributed by atoms with E-state index in [1.54, 1.807) is 4.90 Å². The van der Waals surface area contributed by atoms with Gasteiger partial charge in [-0.05, 0) is 6.92 Å². The lowest BCUT2D eigenvalue weighted by molar-refractivity contribution is -0.908. The van der Waals surface area contributed by atoms with E-state index in [-0.39, 0.29) is 0 Å². The summed E-state index contributed by atoms with van der Waals surface area (Å²) in [5.74, 6) is 0.896. The molecule has 0 saturated carbocycles. The van der Waals surface area contributed by atoms with Gasteiger partial charge in [-0.15, -0.1) is 5.10 Å². The first-order valence-corrected chi connectivity index (χ1v) is 7.72. The van der Waals surface area contributed by atoms with Crippen molar-refractivity contribution in [3.63, 3.8) is 0 Å². The van der Waals surface area contributed by atoms with Crippen molar-refractivity contribution in [3.8, 4) is 0 Å². The molecule has 21 heavy (non-hydrogen) atoms. The lowest BCUT2D eigenvalue weighted by Crippen LogP contribution is -3.14. The van der Waals surface area contributed by atoms with E-state index in [0.717, 1.165) is 56.2 Å². The van der Waals surface area contributed by atoms with Crippen molar-refractivity contribution >= 4 is 16.6 Å². The van der Waals surface area contributed by atoms with Crippen LogP contribution in [0, 0.1) is 6.92 Å². The maximum Gasteiger partial charge on any atom is 0.156 e. The van der Waals surface area contributed by atoms with Crippen molar-refractivity contribution in [1.29, 1.82) is 0 Å². The monoisotopic (exact) mass is 287 g/mol. The van der Waals surface area contributed by atoms with Gasteiger partial charge in [-0.2, -0.15) is 5.10 Å². The molecule has 0 unspecified atom stereocenters. The Labute approximate surface area is 125 Å². The number of aryl methyl sites for hydroxylation is 1. The highest BCUT2D eigenvalue weighted by molar-refractivity contribution is 5.92. The van der Waals surface area contributed by atoms with E-state index in [4.69, 9.17) is 4.74 Å². The first kappa shape index (κ1) is 14.2. The van der Waals surface area contributed by atoms with Gasteiger partial charge in [-0.25, -0.2) is 0 Å². The summed E-state index contributed by atoms with van der Waals surface area (Å²) >= 11 is 0. The van der Waals surface area contributed by atoms with E-state index < -0.39 is 0 Å². The minimum atomic E-state index is 0.896. The van der Waals surface area contributed by atoms with Gasteiger partial charge in [0.2, 0.25) is 0 Å². The number of benzene rings is 1. The van der Waals surface area contributed by atoms with E-state index in [2.05, 4.69) is 27.6 Å². The minimum Gasteiger partial charge on any atom is -0.370 e. The standard InChI is InChI=1S/C16H22N4O/c1-13-14-5-2-3-6-15(14)16(19-18-13)17-7-4-8-20-9-11-21-12-10-20/h2-3,5-6H,4,7-12H2,1H3,(H,17,19)/p+1. The van der Waals surface area contributed by atoms with E-state index in [0.29, 0.717) is 0 Å². The Morgan fingerprint density at radius 1 is 1.14 bits per heavy atom. The highest BCUT2D eigenvalue weighted by Gasteiger charge is 2.13. The predicted octanol–water partition coefficient (Wildman–Crippen LogP) is 0.655. The molecule has 1 saturated heterocycles. The Kier molecular flexibility index (Phi) is 4.62. The molecule has 0 aliphatic carbocycles. The second-order valence-electron chi connectivity index (χ2n) is 5.57. The second kappa shape index (κ2) is 6.83. The summed E-state index contributed by atoms with van der Waals surface area (Å²) in [6.07, 6.45) is 1.14. The number of hydrogen-bond acceptors (Lipinski definition) is 4. The molecule has 0 radical (unpaired) electrons. The van der Waals surface area contributed by atoms with Gasteiger partial charge in [-0.3, -0.25) is 0 Å². The van der Waals surface area contributed by atoms with Crippen LogP contribution < -0.4 is 10.2 Å². The van der Waals surface area contributed by atoms with Gasteiger partial charge in [-0.1, -0.05) is 24.3 Å². The fourth-order valence-corrected chi connectivity index (χ4v) is 2.82. The first-order valence-electron chi connectivity index (χ1n) is 7.72. The number of morpholine rings is 1. The van der Waals surface area contributed by atoms with Crippen molar-refractivity contribution in [2.45, 2.75) is 13.3 Å². The molecule has 112 valence electrons. The van der Waals surface area contributed by atoms with E-state index in [1.165, 1.54) is 11.9 Å². The zero-order valence-corrected chi connectivity index (χ0v) is 12.6. The summed E-state index contributed by atoms with van der Waals surface area (Å²) in [5.41, 5.74) is 0.980. The van der Waals surface area contributed by atoms with Gasteiger partial charge < -0.3 is 15.0 Å². The van der Waals surface area contributed by atoms with Crippen LogP contribution in [0.15, 0.2) is 24.3 Å². The molecule has 0 amide bonds. The lowest BCUT2D eigenvalue weighted by Gasteiger charge is -2.23. The average molecular weight is 287 g/mol. The van der Waals surface area contributed by atoms with Crippen LogP contribution in [-0.2, 0) is 4.74 Å². The van der Waals surface area contributed by atoms with Crippen molar-refractivity contribution < 1.29 is 9.64 Å². The molecule has 3 rings (SSSR count). The molecule has 1 aliphatic rings. The third-order valence-corrected chi connectivity index (χ3v) is 4.07. The number of nitrogens with zero attached hydrogens (tertiary/aromatic N) is 2. The SMILES string of the molecule is Cc1nnc(NCCC[NH+]2CCOCC2)c2ccccc12. The molecule has 1 aliphatic heterocycles. The van der Waals surface area contributed by atoms with Crippen molar-refractivity contribution in [1.82, 2.24) is 10.2 Å². The molecular weight excluding hydrogens is 264 g/mol. The maximum atomic E-state index is 5.38. The Bertz CT molecular complexity index is 596. The van der Waals surface area contributed by atoms with Crippen LogP contribution in [-0.4, -0.2) is 49.6 Å². The minimum absolute atomic E-state index is 0.896. The number of hydrogen-bond donors (Lipinski definition) is 2. The van der Waals surface area contributed by atoms with Gasteiger partial charge >= 0.3 is 0 Å². The third-order valence-electron chi connectivity index (χ3n) is 4.07. The Hall–Kier alpha value is -1.72. The fourth-order valence-electron chi connectivity index (χ4n) is 2.82. The molecule has 1 aromatic carbocycles. The van der Waals surface area contributed by atoms with Crippen LogP contribution in [0.25, 0.3) is 10.8 Å². The summed E-state index contributed by atoms with van der Waals surface area (Å²) in [7, 11) is 0. The molecule has 0 spiro atoms. The lowest BCUT2D eigenvalue weighted by atomic mass is 10.1. The summed E-state index contributed by atoms with van der Waals surface area (Å²) in [5, 5.41) is 14.3. The molecule has 2 aromatic rings. The van der Waals surface area contributed by atoms with Crippen molar-refractivity contribution in [3.05, 3.63) is 30.0 Å². The highest BCUT2D eigenvalue weighted by atomic mass is 16.5. The summed E-state index contributed by atoms with van der Waals surface area (Å²) < 4.78 is 5.38. The number of aromatic nitrogens is 2. The van der Waals surface area contributed by atoms with Crippen LogP contribution in [0.3, 0.4) is 0 Å². The number of nitrogens with one attached hydrogen (secondary N) is 2. The van der Waals surface area contributed by atoms with Gasteiger partial charge in [0.1, 0.15) is 13.1 Å². The average Bonchev–Trinajstić information content (AvgIpc) is 2.55. The normalized spacial score (nSPS) is 16.2. The van der Waals surface area contributed by atoms with E-state index in [9.17, 15) is 0 Å². The van der Waals surface area contributed by atoms with Gasteiger partial charge in [0.05, 0.1) is 25.5 Å². The van der Waals surface area contributed by atoms with Crippen molar-refractivity contribution in [2.24, 2.45) is 0 Å². The first-order chi connectivity index (χ1) is 10.3. The van der Waals surface area contributed by atoms with Crippen molar-refractivity contribution in [2.75, 3.05) is 44.7 Å². The predicted molar refractivity (Wildman–Crippen MR) is 83.8 cm³/mol. The zero-order chi connectivity index (χ0) is 14.5. The largest absolute Gasteiger partial charge is 0.370 e. The Morgan fingerprint density at radius 2 is 1.90 bits per heavy atom. The number of ether oxygens (including phenoxy) is 1. The number of quaternary nitrogens is 1. The molecular formula is C16H23N4O+. The van der Waals surface area contributed by atoms with Crippen LogP contribution in [0.5, 0.6) is 0 Å². The third kappa shape index (κ3) is 3.49. The smallest absolute Gasteiger partial charge is 0.156 e. The number of rotatable bonds is 5. The summed E-state index contributed by atoms with van der Waals surface area (Å²) in [6.45, 7) is 8.19. The molecule has 5 nitrogen and oxygen atoms in total. The Morgan fingerprint density at radius 3 is 2.71 bits per heavy atom. The topological polar surface area (TPSA) is 51.5 Å². The maximum absolute atomic E-state index is 5.38. The second-order valence-corrected chi connectivity index (χ2v) is 5.57. The molecule has 2 N–H and O–H groups in total. The molecule has 2 heterocycles. The molecule has 5 heteroatoms. The summed E-state index contributed by atoms with van der Waals surface area (Å²) in [4.78, 5) is 1.64.